The molecule has 0 radical (unpaired) electrons. The minimum absolute atomic E-state index is 0.0590. The van der Waals surface area contributed by atoms with Crippen molar-refractivity contribution in [2.45, 2.75) is 11.8 Å². The van der Waals surface area contributed by atoms with E-state index in [9.17, 15) is 18.0 Å². The maximum Gasteiger partial charge on any atom is 0.250 e. The normalized spacial score (nSPS) is 11.2. The van der Waals surface area contributed by atoms with Gasteiger partial charge in [-0.2, -0.15) is 0 Å². The number of primary amides is 1. The molecule has 0 spiro atoms. The molecule has 0 aromatic heterocycles. The average molecular weight is 444 g/mol. The first-order chi connectivity index (χ1) is 14.1. The first-order valence-electron chi connectivity index (χ1n) is 8.71. The largest absolute Gasteiger partial charge is 0.366 e. The van der Waals surface area contributed by atoms with Gasteiger partial charge < -0.3 is 11.1 Å². The van der Waals surface area contributed by atoms with Crippen LogP contribution in [-0.2, 0) is 14.8 Å². The Balaban J connectivity index is 2.28. The van der Waals surface area contributed by atoms with Crippen molar-refractivity contribution < 1.29 is 18.0 Å². The van der Waals surface area contributed by atoms with Crippen LogP contribution in [0.25, 0.3) is 22.3 Å². The van der Waals surface area contributed by atoms with E-state index in [2.05, 4.69) is 5.32 Å². The number of sulfonamides is 1. The fourth-order valence-corrected chi connectivity index (χ4v) is 3.65. The van der Waals surface area contributed by atoms with Gasteiger partial charge in [-0.3, -0.25) is 9.59 Å². The number of benzene rings is 3. The first-order valence-corrected chi connectivity index (χ1v) is 10.6. The number of carbonyl (C=O) groups is 2. The highest BCUT2D eigenvalue weighted by molar-refractivity contribution is 7.89. The maximum absolute atomic E-state index is 12.2. The van der Waals surface area contributed by atoms with Gasteiger partial charge >= 0.3 is 0 Å². The van der Waals surface area contributed by atoms with E-state index in [1.165, 1.54) is 31.2 Å². The molecular weight excluding hydrogens is 426 g/mol. The molecule has 0 aliphatic rings. The number of anilines is 1. The number of nitrogens with one attached hydrogen (secondary N) is 1. The highest BCUT2D eigenvalue weighted by atomic mass is 35.5. The Morgan fingerprint density at radius 2 is 1.47 bits per heavy atom. The maximum atomic E-state index is 12.2. The van der Waals surface area contributed by atoms with E-state index in [0.29, 0.717) is 21.7 Å². The van der Waals surface area contributed by atoms with Crippen LogP contribution >= 0.6 is 11.6 Å². The van der Waals surface area contributed by atoms with Crippen LogP contribution in [0.2, 0.25) is 5.02 Å². The quantitative estimate of drug-likeness (QED) is 0.557. The number of hydrogen-bond donors (Lipinski definition) is 3. The number of rotatable bonds is 5. The van der Waals surface area contributed by atoms with E-state index in [0.717, 1.165) is 5.56 Å². The van der Waals surface area contributed by atoms with Gasteiger partial charge in [0.15, 0.2) is 0 Å². The molecule has 0 aliphatic carbocycles. The van der Waals surface area contributed by atoms with Crippen LogP contribution < -0.4 is 16.2 Å². The van der Waals surface area contributed by atoms with Gasteiger partial charge in [0.05, 0.1) is 16.1 Å². The lowest BCUT2D eigenvalue weighted by molar-refractivity contribution is -0.114. The monoisotopic (exact) mass is 443 g/mol. The van der Waals surface area contributed by atoms with Crippen LogP contribution in [0.15, 0.2) is 65.6 Å². The van der Waals surface area contributed by atoms with Crippen molar-refractivity contribution in [3.05, 3.63) is 71.2 Å². The minimum Gasteiger partial charge on any atom is -0.366 e. The second kappa shape index (κ2) is 8.27. The molecule has 30 heavy (non-hydrogen) atoms. The highest BCUT2D eigenvalue weighted by Crippen LogP contribution is 2.36. The molecule has 0 saturated heterocycles. The number of halogens is 1. The summed E-state index contributed by atoms with van der Waals surface area (Å²) in [4.78, 5) is 23.9. The summed E-state index contributed by atoms with van der Waals surface area (Å²) < 4.78 is 23.1. The van der Waals surface area contributed by atoms with E-state index < -0.39 is 15.9 Å². The predicted octanol–water partition coefficient (Wildman–Crippen LogP) is 3.38. The van der Waals surface area contributed by atoms with Gasteiger partial charge in [-0.05, 0) is 53.1 Å². The summed E-state index contributed by atoms with van der Waals surface area (Å²) in [6.07, 6.45) is 0. The summed E-state index contributed by atoms with van der Waals surface area (Å²) in [5.74, 6) is -1.11. The molecule has 0 unspecified atom stereocenters. The second-order valence-electron chi connectivity index (χ2n) is 6.57. The fraction of sp³-hybridized carbons (Fsp3) is 0.0476. The molecule has 0 bridgehead atoms. The van der Waals surface area contributed by atoms with Crippen molar-refractivity contribution in [2.75, 3.05) is 5.32 Å². The Bertz CT molecular complexity index is 1240. The molecule has 2 amide bonds. The predicted molar refractivity (Wildman–Crippen MR) is 117 cm³/mol. The third-order valence-corrected chi connectivity index (χ3v) is 5.56. The Morgan fingerprint density at radius 1 is 0.900 bits per heavy atom. The van der Waals surface area contributed by atoms with Crippen molar-refractivity contribution >= 4 is 39.1 Å². The molecule has 0 saturated carbocycles. The number of amides is 2. The smallest absolute Gasteiger partial charge is 0.250 e. The van der Waals surface area contributed by atoms with E-state index in [-0.39, 0.29) is 22.1 Å². The van der Waals surface area contributed by atoms with Crippen molar-refractivity contribution in [1.29, 1.82) is 0 Å². The van der Waals surface area contributed by atoms with Gasteiger partial charge in [0.1, 0.15) is 0 Å². The van der Waals surface area contributed by atoms with E-state index >= 15 is 0 Å². The van der Waals surface area contributed by atoms with Crippen LogP contribution in [0.1, 0.15) is 17.3 Å². The molecule has 0 aliphatic heterocycles. The third kappa shape index (κ3) is 4.68. The number of carbonyl (C=O) groups excluding carboxylic acids is 2. The van der Waals surface area contributed by atoms with Gasteiger partial charge in [-0.25, -0.2) is 13.6 Å². The average Bonchev–Trinajstić information content (AvgIpc) is 2.67. The zero-order valence-corrected chi connectivity index (χ0v) is 17.4. The minimum atomic E-state index is -3.86. The first kappa shape index (κ1) is 21.5. The van der Waals surface area contributed by atoms with Gasteiger partial charge in [0, 0.05) is 17.5 Å². The topological polar surface area (TPSA) is 132 Å². The Hall–Kier alpha value is -3.20. The molecular formula is C21H18ClN3O4S. The molecule has 154 valence electrons. The summed E-state index contributed by atoms with van der Waals surface area (Å²) in [6, 6.07) is 16.1. The van der Waals surface area contributed by atoms with Crippen LogP contribution in [0, 0.1) is 0 Å². The molecule has 5 N–H and O–H groups in total. The lowest BCUT2D eigenvalue weighted by Crippen LogP contribution is -2.17. The molecule has 7 nitrogen and oxygen atoms in total. The summed E-state index contributed by atoms with van der Waals surface area (Å²) in [5.41, 5.74) is 8.42. The van der Waals surface area contributed by atoms with Crippen LogP contribution in [-0.4, -0.2) is 20.2 Å². The van der Waals surface area contributed by atoms with Crippen LogP contribution in [0.5, 0.6) is 0 Å². The number of primary sulfonamides is 1. The molecule has 9 heteroatoms. The molecule has 3 rings (SSSR count). The second-order valence-corrected chi connectivity index (χ2v) is 8.57. The van der Waals surface area contributed by atoms with Crippen LogP contribution in [0.3, 0.4) is 0 Å². The van der Waals surface area contributed by atoms with Gasteiger partial charge in [0.2, 0.25) is 15.9 Å². The summed E-state index contributed by atoms with van der Waals surface area (Å²) in [5, 5.41) is 8.37. The Kier molecular flexibility index (Phi) is 5.93. The standard InChI is InChI=1S/C21H18ClN3O4S/c1-12(26)25-20-18(14-4-8-17(9-5-14)30(24,28)29)10-15(11-19(20)21(23)27)13-2-6-16(22)7-3-13/h2-11H,1H3,(H2,23,27)(H,25,26)(H2,24,28,29). The van der Waals surface area contributed by atoms with E-state index in [1.54, 1.807) is 36.4 Å². The molecule has 3 aromatic rings. The Labute approximate surface area is 178 Å². The van der Waals surface area contributed by atoms with E-state index in [1.807, 2.05) is 0 Å². The summed E-state index contributed by atoms with van der Waals surface area (Å²) in [7, 11) is -3.86. The van der Waals surface area contributed by atoms with Crippen molar-refractivity contribution in [3.8, 4) is 22.3 Å². The molecule has 0 fully saturated rings. The zero-order chi connectivity index (χ0) is 22.1. The summed E-state index contributed by atoms with van der Waals surface area (Å²) >= 11 is 5.96. The van der Waals surface area contributed by atoms with Crippen molar-refractivity contribution in [1.82, 2.24) is 0 Å². The van der Waals surface area contributed by atoms with Crippen molar-refractivity contribution in [3.63, 3.8) is 0 Å². The Morgan fingerprint density at radius 3 is 1.97 bits per heavy atom. The highest BCUT2D eigenvalue weighted by Gasteiger charge is 2.19. The van der Waals surface area contributed by atoms with Crippen molar-refractivity contribution in [2.24, 2.45) is 10.9 Å². The van der Waals surface area contributed by atoms with Gasteiger partial charge in [-0.1, -0.05) is 35.9 Å². The zero-order valence-electron chi connectivity index (χ0n) is 15.8. The number of hydrogen-bond acceptors (Lipinski definition) is 4. The summed E-state index contributed by atoms with van der Waals surface area (Å²) in [6.45, 7) is 1.31. The lowest BCUT2D eigenvalue weighted by Gasteiger charge is -2.17. The van der Waals surface area contributed by atoms with Crippen LogP contribution in [0.4, 0.5) is 5.69 Å². The van der Waals surface area contributed by atoms with Gasteiger partial charge in [-0.15, -0.1) is 0 Å². The third-order valence-electron chi connectivity index (χ3n) is 4.38. The molecule has 3 aromatic carbocycles. The number of nitrogens with two attached hydrogens (primary N) is 2. The SMILES string of the molecule is CC(=O)Nc1c(C(N)=O)cc(-c2ccc(Cl)cc2)cc1-c1ccc(S(N)(=O)=O)cc1. The van der Waals surface area contributed by atoms with E-state index in [4.69, 9.17) is 22.5 Å². The lowest BCUT2D eigenvalue weighted by atomic mass is 9.93. The van der Waals surface area contributed by atoms with Gasteiger partial charge in [0.25, 0.3) is 5.91 Å². The fourth-order valence-electron chi connectivity index (χ4n) is 3.01. The molecule has 0 heterocycles. The molecule has 0 atom stereocenters.